The van der Waals surface area contributed by atoms with E-state index in [2.05, 4.69) is 46.1 Å². The molecule has 4 aromatic rings. The number of hydrogen-bond acceptors (Lipinski definition) is 6. The first-order valence-electron chi connectivity index (χ1n) is 9.03. The number of esters is 1. The van der Waals surface area contributed by atoms with Crippen LogP contribution in [-0.2, 0) is 10.5 Å². The molecule has 146 valence electrons. The van der Waals surface area contributed by atoms with Gasteiger partial charge in [0.15, 0.2) is 11.0 Å². The molecule has 0 N–H and O–H groups in total. The molecule has 0 amide bonds. The van der Waals surface area contributed by atoms with Crippen molar-refractivity contribution < 1.29 is 13.9 Å². The standard InChI is InChI=1S/C22H19N3O3S/c1-15-8-10-17(11-9-15)25-20(16-6-4-3-5-7-16)23-24-22(25)29-14-18-12-13-19(28-18)21(26)27-2/h3-13H,14H2,1-2H3. The van der Waals surface area contributed by atoms with Gasteiger partial charge in [-0.2, -0.15) is 0 Å². The van der Waals surface area contributed by atoms with Gasteiger partial charge in [-0.15, -0.1) is 10.2 Å². The van der Waals surface area contributed by atoms with Crippen molar-refractivity contribution in [1.82, 2.24) is 14.8 Å². The van der Waals surface area contributed by atoms with E-state index in [-0.39, 0.29) is 5.76 Å². The molecule has 0 bridgehead atoms. The number of aromatic nitrogens is 3. The fraction of sp³-hybridized carbons (Fsp3) is 0.136. The summed E-state index contributed by atoms with van der Waals surface area (Å²) in [6.07, 6.45) is 0. The van der Waals surface area contributed by atoms with E-state index in [4.69, 9.17) is 4.42 Å². The number of carbonyl (C=O) groups excluding carboxylic acids is 1. The lowest BCUT2D eigenvalue weighted by atomic mass is 10.2. The minimum absolute atomic E-state index is 0.188. The molecule has 0 saturated heterocycles. The molecule has 2 heterocycles. The number of rotatable bonds is 6. The molecule has 29 heavy (non-hydrogen) atoms. The summed E-state index contributed by atoms with van der Waals surface area (Å²) in [5.74, 6) is 1.64. The van der Waals surface area contributed by atoms with E-state index in [1.165, 1.54) is 24.4 Å². The van der Waals surface area contributed by atoms with Crippen LogP contribution < -0.4 is 0 Å². The van der Waals surface area contributed by atoms with Crippen LogP contribution in [0.5, 0.6) is 0 Å². The predicted octanol–water partition coefficient (Wildman–Crippen LogP) is 4.91. The summed E-state index contributed by atoms with van der Waals surface area (Å²) in [6.45, 7) is 2.06. The zero-order valence-electron chi connectivity index (χ0n) is 16.0. The van der Waals surface area contributed by atoms with Crippen LogP contribution in [0.3, 0.4) is 0 Å². The molecule has 6 nitrogen and oxygen atoms in total. The van der Waals surface area contributed by atoms with Crippen LogP contribution in [0.15, 0.2) is 76.3 Å². The molecule has 0 aliphatic rings. The minimum Gasteiger partial charge on any atom is -0.463 e. The van der Waals surface area contributed by atoms with Crippen LogP contribution in [0, 0.1) is 6.92 Å². The van der Waals surface area contributed by atoms with Gasteiger partial charge in [-0.05, 0) is 31.2 Å². The molecular weight excluding hydrogens is 386 g/mol. The van der Waals surface area contributed by atoms with Crippen LogP contribution in [-0.4, -0.2) is 27.8 Å². The van der Waals surface area contributed by atoms with Gasteiger partial charge in [0.25, 0.3) is 0 Å². The topological polar surface area (TPSA) is 70.2 Å². The van der Waals surface area contributed by atoms with E-state index in [1.54, 1.807) is 12.1 Å². The molecule has 0 saturated carbocycles. The molecule has 4 rings (SSSR count). The van der Waals surface area contributed by atoms with Gasteiger partial charge in [0.2, 0.25) is 5.76 Å². The molecule has 0 spiro atoms. The first kappa shape index (κ1) is 19.0. The van der Waals surface area contributed by atoms with Crippen molar-refractivity contribution in [1.29, 1.82) is 0 Å². The highest BCUT2D eigenvalue weighted by molar-refractivity contribution is 7.98. The Bertz CT molecular complexity index is 1120. The highest BCUT2D eigenvalue weighted by Crippen LogP contribution is 2.30. The van der Waals surface area contributed by atoms with E-state index in [0.717, 1.165) is 22.2 Å². The first-order chi connectivity index (χ1) is 14.2. The molecule has 0 aliphatic heterocycles. The highest BCUT2D eigenvalue weighted by atomic mass is 32.2. The molecule has 0 unspecified atom stereocenters. The van der Waals surface area contributed by atoms with Gasteiger partial charge in [-0.1, -0.05) is 59.8 Å². The number of hydrogen-bond donors (Lipinski definition) is 0. The van der Waals surface area contributed by atoms with Crippen LogP contribution >= 0.6 is 11.8 Å². The van der Waals surface area contributed by atoms with Crippen LogP contribution in [0.4, 0.5) is 0 Å². The molecule has 7 heteroatoms. The van der Waals surface area contributed by atoms with Crippen molar-refractivity contribution >= 4 is 17.7 Å². The summed E-state index contributed by atoms with van der Waals surface area (Å²) >= 11 is 1.49. The number of thioether (sulfide) groups is 1. The Balaban J connectivity index is 1.66. The molecular formula is C22H19N3O3S. The fourth-order valence-corrected chi connectivity index (χ4v) is 3.71. The Morgan fingerprint density at radius 2 is 1.79 bits per heavy atom. The van der Waals surface area contributed by atoms with Crippen molar-refractivity contribution in [3.8, 4) is 17.1 Å². The maximum absolute atomic E-state index is 11.6. The second kappa shape index (κ2) is 8.36. The lowest BCUT2D eigenvalue weighted by Gasteiger charge is -2.10. The van der Waals surface area contributed by atoms with E-state index in [9.17, 15) is 4.79 Å². The van der Waals surface area contributed by atoms with E-state index >= 15 is 0 Å². The van der Waals surface area contributed by atoms with Crippen molar-refractivity contribution in [2.75, 3.05) is 7.11 Å². The number of carbonyl (C=O) groups is 1. The second-order valence-corrected chi connectivity index (χ2v) is 7.33. The SMILES string of the molecule is COC(=O)c1ccc(CSc2nnc(-c3ccccc3)n2-c2ccc(C)cc2)o1. The van der Waals surface area contributed by atoms with Gasteiger partial charge >= 0.3 is 5.97 Å². The number of benzene rings is 2. The first-order valence-corrected chi connectivity index (χ1v) is 10.0. The third kappa shape index (κ3) is 4.09. The van der Waals surface area contributed by atoms with Gasteiger partial charge in [0.1, 0.15) is 5.76 Å². The van der Waals surface area contributed by atoms with Crippen molar-refractivity contribution in [2.24, 2.45) is 0 Å². The summed E-state index contributed by atoms with van der Waals surface area (Å²) in [5, 5.41) is 9.58. The van der Waals surface area contributed by atoms with Gasteiger partial charge in [-0.3, -0.25) is 4.57 Å². The Kier molecular flexibility index (Phi) is 5.48. The lowest BCUT2D eigenvalue weighted by molar-refractivity contribution is 0.0563. The smallest absolute Gasteiger partial charge is 0.373 e. The predicted molar refractivity (Wildman–Crippen MR) is 111 cm³/mol. The van der Waals surface area contributed by atoms with Gasteiger partial charge in [0, 0.05) is 11.3 Å². The Labute approximate surface area is 172 Å². The van der Waals surface area contributed by atoms with E-state index in [0.29, 0.717) is 11.5 Å². The van der Waals surface area contributed by atoms with Crippen molar-refractivity contribution in [3.05, 3.63) is 83.8 Å². The summed E-state index contributed by atoms with van der Waals surface area (Å²) in [7, 11) is 1.33. The number of furan rings is 1. The summed E-state index contributed by atoms with van der Waals surface area (Å²) < 4.78 is 12.3. The number of ether oxygens (including phenoxy) is 1. The maximum atomic E-state index is 11.6. The number of aryl methyl sites for hydroxylation is 1. The van der Waals surface area contributed by atoms with E-state index in [1.807, 2.05) is 34.9 Å². The Morgan fingerprint density at radius 3 is 2.52 bits per heavy atom. The summed E-state index contributed by atoms with van der Waals surface area (Å²) in [4.78, 5) is 11.6. The molecule has 0 atom stereocenters. The van der Waals surface area contributed by atoms with Gasteiger partial charge in [0.05, 0.1) is 12.9 Å². The van der Waals surface area contributed by atoms with Gasteiger partial charge < -0.3 is 9.15 Å². The molecule has 0 aliphatic carbocycles. The average Bonchev–Trinajstić information content (AvgIpc) is 3.40. The zero-order valence-corrected chi connectivity index (χ0v) is 16.8. The monoisotopic (exact) mass is 405 g/mol. The molecule has 2 aromatic heterocycles. The molecule has 0 radical (unpaired) electrons. The third-order valence-corrected chi connectivity index (χ3v) is 5.30. The quantitative estimate of drug-likeness (QED) is 0.335. The summed E-state index contributed by atoms with van der Waals surface area (Å²) in [5.41, 5.74) is 3.15. The van der Waals surface area contributed by atoms with Crippen molar-refractivity contribution in [2.45, 2.75) is 17.8 Å². The number of methoxy groups -OCH3 is 1. The largest absolute Gasteiger partial charge is 0.463 e. The van der Waals surface area contributed by atoms with Crippen LogP contribution in [0.1, 0.15) is 21.9 Å². The third-order valence-electron chi connectivity index (χ3n) is 4.35. The normalized spacial score (nSPS) is 10.8. The summed E-state index contributed by atoms with van der Waals surface area (Å²) in [6, 6.07) is 21.6. The molecule has 0 fully saturated rings. The maximum Gasteiger partial charge on any atom is 0.373 e. The zero-order chi connectivity index (χ0) is 20.2. The Hall–Kier alpha value is -3.32. The second-order valence-electron chi connectivity index (χ2n) is 6.39. The van der Waals surface area contributed by atoms with Gasteiger partial charge in [-0.25, -0.2) is 4.79 Å². The minimum atomic E-state index is -0.490. The fourth-order valence-electron chi connectivity index (χ4n) is 2.87. The lowest BCUT2D eigenvalue weighted by Crippen LogP contribution is -2.00. The van der Waals surface area contributed by atoms with E-state index < -0.39 is 5.97 Å². The molecule has 2 aromatic carbocycles. The average molecular weight is 405 g/mol. The van der Waals surface area contributed by atoms with Crippen LogP contribution in [0.25, 0.3) is 17.1 Å². The Morgan fingerprint density at radius 1 is 1.03 bits per heavy atom. The van der Waals surface area contributed by atoms with Crippen LogP contribution in [0.2, 0.25) is 0 Å². The van der Waals surface area contributed by atoms with Crippen molar-refractivity contribution in [3.63, 3.8) is 0 Å². The highest BCUT2D eigenvalue weighted by Gasteiger charge is 2.17. The number of nitrogens with zero attached hydrogens (tertiary/aromatic N) is 3.